The molecule has 1 amide bonds. The lowest BCUT2D eigenvalue weighted by Crippen LogP contribution is -2.51. The molecule has 0 saturated heterocycles. The number of amides is 1. The highest BCUT2D eigenvalue weighted by Crippen LogP contribution is 2.40. The van der Waals surface area contributed by atoms with Crippen molar-refractivity contribution in [2.75, 3.05) is 12.8 Å². The van der Waals surface area contributed by atoms with Crippen LogP contribution in [0, 0.1) is 5.13 Å². The van der Waals surface area contributed by atoms with Crippen molar-refractivity contribution < 1.29 is 18.1 Å². The van der Waals surface area contributed by atoms with Crippen LogP contribution in [0.5, 0.6) is 0 Å². The highest BCUT2D eigenvalue weighted by Gasteiger charge is 2.40. The van der Waals surface area contributed by atoms with Crippen LogP contribution in [0.1, 0.15) is 32.6 Å². The standard InChI is InChI=1S/C14H19ClFN3O3S2/c1-13(2,3)22-12(20)17-11-18-14(4,7-24(21)19(11)5)10-8(15)6-9(16)23-10/h6H,7H2,1-5H3,(H,17,18,20)/t14-,24?/m0/s1. The molecule has 24 heavy (non-hydrogen) atoms. The van der Waals surface area contributed by atoms with Gasteiger partial charge < -0.3 is 4.74 Å². The third kappa shape index (κ3) is 4.25. The maximum atomic E-state index is 13.5. The van der Waals surface area contributed by atoms with Crippen molar-refractivity contribution in [2.24, 2.45) is 4.99 Å². The third-order valence-corrected chi connectivity index (χ3v) is 6.30. The molecule has 10 heteroatoms. The number of carbonyl (C=O) groups is 1. The van der Waals surface area contributed by atoms with E-state index in [0.29, 0.717) is 4.88 Å². The van der Waals surface area contributed by atoms with Crippen LogP contribution in [0.2, 0.25) is 5.02 Å². The SMILES string of the molecule is CN1C(NC(=O)OC(C)(C)C)=N[C@](C)(c2sc(F)cc2Cl)CS1=O. The number of hydrogen-bond donors (Lipinski definition) is 1. The Morgan fingerprint density at radius 2 is 2.21 bits per heavy atom. The molecular weight excluding hydrogens is 377 g/mol. The lowest BCUT2D eigenvalue weighted by molar-refractivity contribution is 0.0559. The van der Waals surface area contributed by atoms with Gasteiger partial charge in [-0.1, -0.05) is 11.6 Å². The first-order valence-corrected chi connectivity index (χ1v) is 9.56. The fourth-order valence-electron chi connectivity index (χ4n) is 2.10. The van der Waals surface area contributed by atoms with Crippen LogP contribution in [0.4, 0.5) is 9.18 Å². The molecule has 2 rings (SSSR count). The Morgan fingerprint density at radius 3 is 2.71 bits per heavy atom. The average molecular weight is 396 g/mol. The first-order valence-electron chi connectivity index (χ1n) is 7.09. The van der Waals surface area contributed by atoms with E-state index in [0.717, 1.165) is 11.3 Å². The number of nitrogens with zero attached hydrogens (tertiary/aromatic N) is 2. The van der Waals surface area contributed by atoms with Gasteiger partial charge in [0.2, 0.25) is 5.96 Å². The summed E-state index contributed by atoms with van der Waals surface area (Å²) in [7, 11) is 0.0785. The van der Waals surface area contributed by atoms with E-state index in [-0.39, 0.29) is 16.7 Å². The summed E-state index contributed by atoms with van der Waals surface area (Å²) >= 11 is 6.92. The Balaban J connectivity index is 2.35. The highest BCUT2D eigenvalue weighted by molar-refractivity contribution is 7.83. The zero-order valence-electron chi connectivity index (χ0n) is 14.0. The predicted octanol–water partition coefficient (Wildman–Crippen LogP) is 3.25. The van der Waals surface area contributed by atoms with E-state index in [1.807, 2.05) is 0 Å². The fraction of sp³-hybridized carbons (Fsp3) is 0.571. The van der Waals surface area contributed by atoms with Crippen LogP contribution in [-0.4, -0.2) is 39.0 Å². The predicted molar refractivity (Wildman–Crippen MR) is 94.2 cm³/mol. The van der Waals surface area contributed by atoms with Gasteiger partial charge in [-0.3, -0.25) is 9.62 Å². The first kappa shape index (κ1) is 19.1. The second-order valence-corrected chi connectivity index (χ2v) is 9.42. The van der Waals surface area contributed by atoms with Crippen molar-refractivity contribution >= 4 is 46.0 Å². The molecule has 1 N–H and O–H groups in total. The molecule has 1 aromatic rings. The monoisotopic (exact) mass is 395 g/mol. The molecule has 0 aliphatic carbocycles. The molecule has 0 fully saturated rings. The third-order valence-electron chi connectivity index (χ3n) is 3.12. The molecule has 2 atom stereocenters. The van der Waals surface area contributed by atoms with Gasteiger partial charge in [-0.25, -0.2) is 14.0 Å². The van der Waals surface area contributed by atoms with Crippen molar-refractivity contribution in [3.05, 3.63) is 21.1 Å². The Labute approximate surface area is 151 Å². The fourth-order valence-corrected chi connectivity index (χ4v) is 4.70. The summed E-state index contributed by atoms with van der Waals surface area (Å²) in [5, 5.41) is 2.27. The molecule has 0 saturated carbocycles. The van der Waals surface area contributed by atoms with Gasteiger partial charge in [0.25, 0.3) is 0 Å². The van der Waals surface area contributed by atoms with Crippen LogP contribution in [0.15, 0.2) is 11.1 Å². The first-order chi connectivity index (χ1) is 10.9. The van der Waals surface area contributed by atoms with Crippen LogP contribution in [0.3, 0.4) is 0 Å². The lowest BCUT2D eigenvalue weighted by Gasteiger charge is -2.34. The topological polar surface area (TPSA) is 71.0 Å². The number of rotatable bonds is 1. The summed E-state index contributed by atoms with van der Waals surface area (Å²) in [6.07, 6.45) is -0.710. The van der Waals surface area contributed by atoms with Crippen LogP contribution < -0.4 is 5.32 Å². The zero-order chi connectivity index (χ0) is 18.3. The van der Waals surface area contributed by atoms with E-state index in [2.05, 4.69) is 10.3 Å². The number of thiophene rings is 1. The van der Waals surface area contributed by atoms with Crippen LogP contribution >= 0.6 is 22.9 Å². The van der Waals surface area contributed by atoms with Gasteiger partial charge in [0, 0.05) is 13.1 Å². The number of ether oxygens (including phenoxy) is 1. The Hall–Kier alpha value is -1.19. The number of aliphatic imine (C=N–C) groups is 1. The second-order valence-electron chi connectivity index (χ2n) is 6.53. The molecule has 0 aromatic carbocycles. The molecular formula is C14H19ClFN3O3S2. The van der Waals surface area contributed by atoms with E-state index in [9.17, 15) is 13.4 Å². The largest absolute Gasteiger partial charge is 0.444 e. The minimum Gasteiger partial charge on any atom is -0.444 e. The maximum Gasteiger partial charge on any atom is 0.414 e. The second kappa shape index (κ2) is 6.61. The van der Waals surface area contributed by atoms with Gasteiger partial charge >= 0.3 is 6.09 Å². The van der Waals surface area contributed by atoms with Crippen molar-refractivity contribution in [3.63, 3.8) is 0 Å². The molecule has 1 aromatic heterocycles. The molecule has 0 bridgehead atoms. The molecule has 2 heterocycles. The van der Waals surface area contributed by atoms with Gasteiger partial charge in [0.1, 0.15) is 22.1 Å². The number of carbonyl (C=O) groups excluding carboxylic acids is 1. The summed E-state index contributed by atoms with van der Waals surface area (Å²) in [6.45, 7) is 6.89. The van der Waals surface area contributed by atoms with Crippen molar-refractivity contribution in [1.82, 2.24) is 9.62 Å². The van der Waals surface area contributed by atoms with Crippen molar-refractivity contribution in [2.45, 2.75) is 38.8 Å². The molecule has 0 spiro atoms. The summed E-state index contributed by atoms with van der Waals surface area (Å²) in [4.78, 5) is 16.9. The minimum atomic E-state index is -1.47. The Bertz CT molecular complexity index is 717. The van der Waals surface area contributed by atoms with E-state index >= 15 is 0 Å². The number of hydrogen-bond acceptors (Lipinski definition) is 5. The molecule has 0 radical (unpaired) electrons. The minimum absolute atomic E-state index is 0.0845. The highest BCUT2D eigenvalue weighted by atomic mass is 35.5. The van der Waals surface area contributed by atoms with Crippen LogP contribution in [0.25, 0.3) is 0 Å². The molecule has 134 valence electrons. The van der Waals surface area contributed by atoms with Gasteiger partial charge in [-0.15, -0.1) is 11.3 Å². The van der Waals surface area contributed by atoms with E-state index in [1.165, 1.54) is 10.4 Å². The zero-order valence-corrected chi connectivity index (χ0v) is 16.4. The quantitative estimate of drug-likeness (QED) is 0.793. The molecule has 1 unspecified atom stereocenters. The number of alkyl carbamates (subject to hydrolysis) is 1. The van der Waals surface area contributed by atoms with Gasteiger partial charge in [0.15, 0.2) is 5.13 Å². The molecule has 1 aliphatic rings. The maximum absolute atomic E-state index is 13.5. The van der Waals surface area contributed by atoms with E-state index < -0.39 is 33.3 Å². The summed E-state index contributed by atoms with van der Waals surface area (Å²) in [6, 6.07) is 1.20. The van der Waals surface area contributed by atoms with Crippen molar-refractivity contribution in [3.8, 4) is 0 Å². The number of nitrogens with one attached hydrogen (secondary N) is 1. The average Bonchev–Trinajstić information content (AvgIpc) is 2.73. The van der Waals surface area contributed by atoms with Gasteiger partial charge in [-0.2, -0.15) is 4.39 Å². The number of guanidine groups is 1. The van der Waals surface area contributed by atoms with E-state index in [1.54, 1.807) is 34.7 Å². The van der Waals surface area contributed by atoms with Crippen molar-refractivity contribution in [1.29, 1.82) is 0 Å². The van der Waals surface area contributed by atoms with Gasteiger partial charge in [0.05, 0.1) is 15.7 Å². The van der Waals surface area contributed by atoms with Gasteiger partial charge in [-0.05, 0) is 27.7 Å². The smallest absolute Gasteiger partial charge is 0.414 e. The normalized spacial score (nSPS) is 24.5. The summed E-state index contributed by atoms with van der Waals surface area (Å²) in [5.74, 6) is 0.212. The Kier molecular flexibility index (Phi) is 5.27. The van der Waals surface area contributed by atoms with Crippen LogP contribution in [-0.2, 0) is 21.3 Å². The van der Waals surface area contributed by atoms with E-state index in [4.69, 9.17) is 16.3 Å². The molecule has 6 nitrogen and oxygen atoms in total. The molecule has 1 aliphatic heterocycles. The number of halogens is 2. The summed E-state index contributed by atoms with van der Waals surface area (Å²) < 4.78 is 32.4. The summed E-state index contributed by atoms with van der Waals surface area (Å²) in [5.41, 5.74) is -1.69. The lowest BCUT2D eigenvalue weighted by atomic mass is 10.0. The Morgan fingerprint density at radius 1 is 1.58 bits per heavy atom.